The predicted octanol–water partition coefficient (Wildman–Crippen LogP) is 1.47. The fraction of sp³-hybridized carbons (Fsp3) is 0.917. The molecule has 0 aliphatic carbocycles. The Bertz CT molecular complexity index is 232. The first-order chi connectivity index (χ1) is 7.54. The van der Waals surface area contributed by atoms with Crippen molar-refractivity contribution in [3.63, 3.8) is 0 Å². The molecule has 1 saturated heterocycles. The molecule has 2 unspecified atom stereocenters. The van der Waals surface area contributed by atoms with Gasteiger partial charge in [-0.15, -0.1) is 0 Å². The van der Waals surface area contributed by atoms with Gasteiger partial charge in [-0.2, -0.15) is 0 Å². The van der Waals surface area contributed by atoms with E-state index in [2.05, 4.69) is 30.7 Å². The maximum absolute atomic E-state index is 5.59. The number of hydrogen-bond acceptors (Lipinski definition) is 3. The van der Waals surface area contributed by atoms with Gasteiger partial charge in [0.05, 0.1) is 4.99 Å². The molecule has 16 heavy (non-hydrogen) atoms. The Morgan fingerprint density at radius 3 is 2.88 bits per heavy atom. The summed E-state index contributed by atoms with van der Waals surface area (Å²) in [6.45, 7) is 8.01. The number of likely N-dealkylation sites (N-methyl/N-ethyl adjacent to an activating group) is 2. The zero-order valence-corrected chi connectivity index (χ0v) is 11.6. The normalized spacial score (nSPS) is 23.9. The first-order valence-electron chi connectivity index (χ1n) is 6.27. The molecule has 4 heteroatoms. The minimum absolute atomic E-state index is 0.455. The van der Waals surface area contributed by atoms with E-state index >= 15 is 0 Å². The lowest BCUT2D eigenvalue weighted by Gasteiger charge is -2.31. The molecule has 1 heterocycles. The van der Waals surface area contributed by atoms with E-state index in [1.807, 2.05) is 0 Å². The van der Waals surface area contributed by atoms with E-state index in [1.54, 1.807) is 0 Å². The third-order valence-corrected chi connectivity index (χ3v) is 3.82. The van der Waals surface area contributed by atoms with Crippen LogP contribution in [0.25, 0.3) is 0 Å². The molecule has 0 aromatic carbocycles. The van der Waals surface area contributed by atoms with Crippen molar-refractivity contribution >= 4 is 17.2 Å². The van der Waals surface area contributed by atoms with Crippen LogP contribution in [0.3, 0.4) is 0 Å². The summed E-state index contributed by atoms with van der Waals surface area (Å²) in [5.41, 5.74) is 5.59. The van der Waals surface area contributed by atoms with E-state index in [4.69, 9.17) is 18.0 Å². The number of nitrogens with zero attached hydrogens (tertiary/aromatic N) is 2. The maximum atomic E-state index is 5.59. The van der Waals surface area contributed by atoms with Crippen LogP contribution in [0.4, 0.5) is 0 Å². The first kappa shape index (κ1) is 13.9. The Hall–Kier alpha value is -0.190. The molecule has 94 valence electrons. The Morgan fingerprint density at radius 2 is 2.31 bits per heavy atom. The zero-order valence-electron chi connectivity index (χ0n) is 10.8. The fourth-order valence-electron chi connectivity index (χ4n) is 2.48. The third-order valence-electron chi connectivity index (χ3n) is 3.65. The van der Waals surface area contributed by atoms with Crippen LogP contribution >= 0.6 is 12.2 Å². The molecule has 0 amide bonds. The molecule has 3 nitrogen and oxygen atoms in total. The predicted molar refractivity (Wildman–Crippen MR) is 73.8 cm³/mol. The quantitative estimate of drug-likeness (QED) is 0.716. The lowest BCUT2D eigenvalue weighted by molar-refractivity contribution is 0.172. The molecule has 1 aliphatic heterocycles. The number of rotatable bonds is 6. The van der Waals surface area contributed by atoms with Crippen LogP contribution in [-0.4, -0.2) is 53.6 Å². The molecule has 2 N–H and O–H groups in total. The molecular weight excluding hydrogens is 218 g/mol. The van der Waals surface area contributed by atoms with Crippen LogP contribution in [-0.2, 0) is 0 Å². The third kappa shape index (κ3) is 4.00. The van der Waals surface area contributed by atoms with Gasteiger partial charge >= 0.3 is 0 Å². The van der Waals surface area contributed by atoms with Crippen LogP contribution in [0.2, 0.25) is 0 Å². The van der Waals surface area contributed by atoms with Crippen molar-refractivity contribution in [1.82, 2.24) is 9.80 Å². The van der Waals surface area contributed by atoms with Gasteiger partial charge in [0.2, 0.25) is 0 Å². The minimum Gasteiger partial charge on any atom is -0.393 e. The van der Waals surface area contributed by atoms with Gasteiger partial charge in [-0.05, 0) is 39.9 Å². The van der Waals surface area contributed by atoms with Crippen LogP contribution in [0, 0.1) is 0 Å². The largest absolute Gasteiger partial charge is 0.393 e. The van der Waals surface area contributed by atoms with Crippen LogP contribution in [0.1, 0.15) is 33.1 Å². The topological polar surface area (TPSA) is 32.5 Å². The highest BCUT2D eigenvalue weighted by Crippen LogP contribution is 2.18. The summed E-state index contributed by atoms with van der Waals surface area (Å²) in [7, 11) is 2.18. The van der Waals surface area contributed by atoms with Gasteiger partial charge in [0.15, 0.2) is 0 Å². The lowest BCUT2D eigenvalue weighted by atomic mass is 10.1. The average molecular weight is 243 g/mol. The van der Waals surface area contributed by atoms with Crippen LogP contribution in [0.15, 0.2) is 0 Å². The minimum atomic E-state index is 0.455. The van der Waals surface area contributed by atoms with E-state index in [0.29, 0.717) is 11.0 Å². The number of thiocarbonyl (C=S) groups is 1. The van der Waals surface area contributed by atoms with Crippen molar-refractivity contribution in [2.45, 2.75) is 45.2 Å². The molecule has 1 fully saturated rings. The van der Waals surface area contributed by atoms with Crippen LogP contribution < -0.4 is 5.73 Å². The van der Waals surface area contributed by atoms with E-state index in [-0.39, 0.29) is 0 Å². The van der Waals surface area contributed by atoms with Crippen molar-refractivity contribution in [3.8, 4) is 0 Å². The molecule has 0 saturated carbocycles. The smallest absolute Gasteiger partial charge is 0.0742 e. The van der Waals surface area contributed by atoms with E-state index < -0.39 is 0 Å². The summed E-state index contributed by atoms with van der Waals surface area (Å²) in [5, 5.41) is 0. The van der Waals surface area contributed by atoms with Crippen molar-refractivity contribution in [3.05, 3.63) is 0 Å². The summed E-state index contributed by atoms with van der Waals surface area (Å²) >= 11 is 4.96. The van der Waals surface area contributed by atoms with Gasteiger partial charge in [-0.3, -0.25) is 4.90 Å². The first-order valence-corrected chi connectivity index (χ1v) is 6.68. The molecule has 1 rings (SSSR count). The zero-order chi connectivity index (χ0) is 12.1. The second-order valence-electron chi connectivity index (χ2n) is 4.88. The molecule has 0 bridgehead atoms. The average Bonchev–Trinajstić information content (AvgIpc) is 2.64. The van der Waals surface area contributed by atoms with E-state index in [0.717, 1.165) is 19.0 Å². The Balaban J connectivity index is 2.37. The van der Waals surface area contributed by atoms with Gasteiger partial charge in [0, 0.05) is 25.0 Å². The van der Waals surface area contributed by atoms with Crippen molar-refractivity contribution < 1.29 is 0 Å². The Kier molecular flexibility index (Phi) is 5.66. The maximum Gasteiger partial charge on any atom is 0.0742 e. The number of nitrogens with two attached hydrogens (primary N) is 1. The Labute approximate surface area is 105 Å². The van der Waals surface area contributed by atoms with Crippen LogP contribution in [0.5, 0.6) is 0 Å². The number of likely N-dealkylation sites (tertiary alicyclic amines) is 1. The highest BCUT2D eigenvalue weighted by molar-refractivity contribution is 7.80. The van der Waals surface area contributed by atoms with Gasteiger partial charge in [0.25, 0.3) is 0 Å². The van der Waals surface area contributed by atoms with Gasteiger partial charge in [-0.25, -0.2) is 0 Å². The second kappa shape index (κ2) is 6.52. The van der Waals surface area contributed by atoms with Gasteiger partial charge in [0.1, 0.15) is 0 Å². The monoisotopic (exact) mass is 243 g/mol. The molecule has 0 aromatic heterocycles. The fourth-order valence-corrected chi connectivity index (χ4v) is 2.72. The summed E-state index contributed by atoms with van der Waals surface area (Å²) in [6.07, 6.45) is 3.50. The second-order valence-corrected chi connectivity index (χ2v) is 5.41. The lowest BCUT2D eigenvalue weighted by Crippen LogP contribution is -2.42. The summed E-state index contributed by atoms with van der Waals surface area (Å²) in [4.78, 5) is 5.58. The molecule has 0 spiro atoms. The van der Waals surface area contributed by atoms with Gasteiger partial charge in [-0.1, -0.05) is 19.1 Å². The molecule has 0 radical (unpaired) electrons. The highest BCUT2D eigenvalue weighted by Gasteiger charge is 2.25. The van der Waals surface area contributed by atoms with Crippen molar-refractivity contribution in [2.75, 3.05) is 26.7 Å². The summed E-state index contributed by atoms with van der Waals surface area (Å²) in [6, 6.07) is 1.18. The summed E-state index contributed by atoms with van der Waals surface area (Å²) in [5.74, 6) is 0. The molecular formula is C12H25N3S. The van der Waals surface area contributed by atoms with Crippen molar-refractivity contribution in [1.29, 1.82) is 0 Å². The molecule has 1 aliphatic rings. The standard InChI is InChI=1S/C12H25N3S/c1-4-15-7-5-6-11(15)9-14(3)10(2)8-12(13)16/h10-11H,4-9H2,1-3H3,(H2,13,16). The van der Waals surface area contributed by atoms with E-state index in [1.165, 1.54) is 25.9 Å². The SMILES string of the molecule is CCN1CCCC1CN(C)C(C)CC(N)=S. The van der Waals surface area contributed by atoms with Crippen molar-refractivity contribution in [2.24, 2.45) is 5.73 Å². The Morgan fingerprint density at radius 1 is 1.62 bits per heavy atom. The van der Waals surface area contributed by atoms with Gasteiger partial charge < -0.3 is 10.6 Å². The highest BCUT2D eigenvalue weighted by atomic mass is 32.1. The number of hydrogen-bond donors (Lipinski definition) is 1. The summed E-state index contributed by atoms with van der Waals surface area (Å²) < 4.78 is 0. The molecule has 0 aromatic rings. The van der Waals surface area contributed by atoms with E-state index in [9.17, 15) is 0 Å². The molecule has 2 atom stereocenters.